The Balaban J connectivity index is 2.63. The molecule has 0 fully saturated rings. The lowest BCUT2D eigenvalue weighted by Gasteiger charge is -2.25. The molecule has 2 nitrogen and oxygen atoms in total. The first-order valence-corrected chi connectivity index (χ1v) is 8.43. The number of nitrogens with one attached hydrogen (secondary N) is 1. The lowest BCUT2D eigenvalue weighted by Crippen LogP contribution is -2.31. The molecule has 0 bridgehead atoms. The molecule has 1 atom stereocenters. The van der Waals surface area contributed by atoms with Crippen molar-refractivity contribution in [2.75, 3.05) is 26.2 Å². The summed E-state index contributed by atoms with van der Waals surface area (Å²) in [6, 6.07) is 7.26. The van der Waals surface area contributed by atoms with Gasteiger partial charge in [-0.25, -0.2) is 4.39 Å². The van der Waals surface area contributed by atoms with Gasteiger partial charge in [-0.2, -0.15) is 0 Å². The van der Waals surface area contributed by atoms with Crippen molar-refractivity contribution in [1.82, 2.24) is 10.2 Å². The van der Waals surface area contributed by atoms with Gasteiger partial charge in [0.1, 0.15) is 5.82 Å². The van der Waals surface area contributed by atoms with Crippen molar-refractivity contribution in [2.24, 2.45) is 0 Å². The SMILES string of the molecule is CCCCN(CC)CCC(NCCC)c1ccccc1F. The molecule has 0 aromatic heterocycles. The summed E-state index contributed by atoms with van der Waals surface area (Å²) in [7, 11) is 0. The zero-order valence-electron chi connectivity index (χ0n) is 13.9. The molecule has 0 heterocycles. The van der Waals surface area contributed by atoms with Gasteiger partial charge in [0.15, 0.2) is 0 Å². The Kier molecular flexibility index (Phi) is 9.27. The molecule has 0 spiro atoms. The minimum atomic E-state index is -0.0947. The summed E-state index contributed by atoms with van der Waals surface area (Å²) in [4.78, 5) is 2.46. The van der Waals surface area contributed by atoms with Gasteiger partial charge < -0.3 is 10.2 Å². The molecular weight excluding hydrogens is 263 g/mol. The van der Waals surface area contributed by atoms with Crippen LogP contribution in [0.3, 0.4) is 0 Å². The molecule has 0 amide bonds. The number of hydrogen-bond acceptors (Lipinski definition) is 2. The van der Waals surface area contributed by atoms with E-state index in [1.165, 1.54) is 12.8 Å². The lowest BCUT2D eigenvalue weighted by atomic mass is 10.0. The van der Waals surface area contributed by atoms with Crippen LogP contribution in [0.1, 0.15) is 58.1 Å². The molecule has 3 heteroatoms. The number of rotatable bonds is 11. The smallest absolute Gasteiger partial charge is 0.127 e. The average molecular weight is 294 g/mol. The predicted octanol–water partition coefficient (Wildman–Crippen LogP) is 4.38. The van der Waals surface area contributed by atoms with Gasteiger partial charge in [-0.3, -0.25) is 0 Å². The number of hydrogen-bond donors (Lipinski definition) is 1. The van der Waals surface area contributed by atoms with Gasteiger partial charge in [-0.1, -0.05) is 45.4 Å². The predicted molar refractivity (Wildman–Crippen MR) is 89.1 cm³/mol. The zero-order valence-corrected chi connectivity index (χ0v) is 13.9. The fraction of sp³-hybridized carbons (Fsp3) is 0.667. The molecule has 1 N–H and O–H groups in total. The molecule has 0 aliphatic rings. The highest BCUT2D eigenvalue weighted by Crippen LogP contribution is 2.20. The number of nitrogens with zero attached hydrogens (tertiary/aromatic N) is 1. The molecule has 21 heavy (non-hydrogen) atoms. The third-order valence-electron chi connectivity index (χ3n) is 3.93. The fourth-order valence-electron chi connectivity index (χ4n) is 2.57. The van der Waals surface area contributed by atoms with Crippen LogP contribution in [-0.4, -0.2) is 31.1 Å². The summed E-state index contributed by atoms with van der Waals surface area (Å²) in [5.74, 6) is -0.0947. The van der Waals surface area contributed by atoms with Crippen molar-refractivity contribution >= 4 is 0 Å². The van der Waals surface area contributed by atoms with Gasteiger partial charge in [-0.15, -0.1) is 0 Å². The van der Waals surface area contributed by atoms with Crippen LogP contribution in [-0.2, 0) is 0 Å². The first-order chi connectivity index (χ1) is 10.2. The van der Waals surface area contributed by atoms with E-state index in [1.807, 2.05) is 12.1 Å². The largest absolute Gasteiger partial charge is 0.310 e. The highest BCUT2D eigenvalue weighted by atomic mass is 19.1. The number of unbranched alkanes of at least 4 members (excludes halogenated alkanes) is 1. The summed E-state index contributed by atoms with van der Waals surface area (Å²) in [5, 5.41) is 3.50. The Morgan fingerprint density at radius 2 is 1.86 bits per heavy atom. The maximum atomic E-state index is 14.0. The van der Waals surface area contributed by atoms with Gasteiger partial charge in [-0.05, 0) is 51.5 Å². The topological polar surface area (TPSA) is 15.3 Å². The average Bonchev–Trinajstić information content (AvgIpc) is 2.51. The first kappa shape index (κ1) is 18.1. The molecule has 1 unspecified atom stereocenters. The van der Waals surface area contributed by atoms with Crippen LogP contribution in [0.5, 0.6) is 0 Å². The minimum absolute atomic E-state index is 0.0947. The molecule has 0 aliphatic carbocycles. The van der Waals surface area contributed by atoms with E-state index in [0.29, 0.717) is 0 Å². The zero-order chi connectivity index (χ0) is 15.5. The normalized spacial score (nSPS) is 12.8. The molecule has 1 aromatic rings. The van der Waals surface area contributed by atoms with E-state index < -0.39 is 0 Å². The van der Waals surface area contributed by atoms with Crippen molar-refractivity contribution in [1.29, 1.82) is 0 Å². The Hall–Kier alpha value is -0.930. The van der Waals surface area contributed by atoms with Crippen molar-refractivity contribution in [3.05, 3.63) is 35.6 Å². The molecule has 1 aromatic carbocycles. The second-order valence-corrected chi connectivity index (χ2v) is 5.60. The van der Waals surface area contributed by atoms with Gasteiger partial charge >= 0.3 is 0 Å². The van der Waals surface area contributed by atoms with Gasteiger partial charge in [0.05, 0.1) is 0 Å². The van der Waals surface area contributed by atoms with Crippen molar-refractivity contribution in [2.45, 2.75) is 52.5 Å². The highest BCUT2D eigenvalue weighted by Gasteiger charge is 2.15. The van der Waals surface area contributed by atoms with E-state index in [9.17, 15) is 4.39 Å². The van der Waals surface area contributed by atoms with Crippen LogP contribution >= 0.6 is 0 Å². The highest BCUT2D eigenvalue weighted by molar-refractivity contribution is 5.21. The quantitative estimate of drug-likeness (QED) is 0.651. The summed E-state index contributed by atoms with van der Waals surface area (Å²) >= 11 is 0. The molecule has 0 radical (unpaired) electrons. The van der Waals surface area contributed by atoms with Crippen LogP contribution in [0.4, 0.5) is 4.39 Å². The third kappa shape index (κ3) is 6.58. The second kappa shape index (κ2) is 10.7. The first-order valence-electron chi connectivity index (χ1n) is 8.43. The Morgan fingerprint density at radius 1 is 1.10 bits per heavy atom. The van der Waals surface area contributed by atoms with Gasteiger partial charge in [0.25, 0.3) is 0 Å². The Bertz CT molecular complexity index is 381. The maximum absolute atomic E-state index is 14.0. The van der Waals surface area contributed by atoms with E-state index in [2.05, 4.69) is 31.0 Å². The van der Waals surface area contributed by atoms with E-state index >= 15 is 0 Å². The third-order valence-corrected chi connectivity index (χ3v) is 3.93. The minimum Gasteiger partial charge on any atom is -0.310 e. The summed E-state index contributed by atoms with van der Waals surface area (Å²) in [6.45, 7) is 10.7. The standard InChI is InChI=1S/C18H31FN2/c1-4-7-14-21(6-3)15-12-18(20-13-5-2)16-10-8-9-11-17(16)19/h8-11,18,20H,4-7,12-15H2,1-3H3. The second-order valence-electron chi connectivity index (χ2n) is 5.60. The Labute approximate surface area is 129 Å². The van der Waals surface area contributed by atoms with E-state index in [0.717, 1.165) is 44.6 Å². The van der Waals surface area contributed by atoms with Crippen LogP contribution in [0.15, 0.2) is 24.3 Å². The fourth-order valence-corrected chi connectivity index (χ4v) is 2.57. The number of benzene rings is 1. The monoisotopic (exact) mass is 294 g/mol. The van der Waals surface area contributed by atoms with Crippen molar-refractivity contribution in [3.8, 4) is 0 Å². The molecule has 0 saturated carbocycles. The summed E-state index contributed by atoms with van der Waals surface area (Å²) in [5.41, 5.74) is 0.803. The van der Waals surface area contributed by atoms with Crippen LogP contribution in [0.2, 0.25) is 0 Å². The van der Waals surface area contributed by atoms with E-state index in [4.69, 9.17) is 0 Å². The van der Waals surface area contributed by atoms with E-state index in [1.54, 1.807) is 12.1 Å². The van der Waals surface area contributed by atoms with Crippen molar-refractivity contribution < 1.29 is 4.39 Å². The molecule has 0 saturated heterocycles. The lowest BCUT2D eigenvalue weighted by molar-refractivity contribution is 0.263. The summed E-state index contributed by atoms with van der Waals surface area (Å²) < 4.78 is 14.0. The van der Waals surface area contributed by atoms with Gasteiger partial charge in [0.2, 0.25) is 0 Å². The summed E-state index contributed by atoms with van der Waals surface area (Å²) in [6.07, 6.45) is 4.48. The van der Waals surface area contributed by atoms with Crippen LogP contribution in [0.25, 0.3) is 0 Å². The molecule has 1 rings (SSSR count). The van der Waals surface area contributed by atoms with Gasteiger partial charge in [0, 0.05) is 11.6 Å². The van der Waals surface area contributed by atoms with Crippen molar-refractivity contribution in [3.63, 3.8) is 0 Å². The molecular formula is C18H31FN2. The van der Waals surface area contributed by atoms with Crippen LogP contribution < -0.4 is 5.32 Å². The maximum Gasteiger partial charge on any atom is 0.127 e. The van der Waals surface area contributed by atoms with Crippen LogP contribution in [0, 0.1) is 5.82 Å². The molecule has 0 aliphatic heterocycles. The Morgan fingerprint density at radius 3 is 2.48 bits per heavy atom. The molecule has 120 valence electrons. The van der Waals surface area contributed by atoms with E-state index in [-0.39, 0.29) is 11.9 Å². The number of halogens is 1.